The van der Waals surface area contributed by atoms with Gasteiger partial charge in [-0.05, 0) is 60.2 Å². The van der Waals surface area contributed by atoms with Crippen molar-refractivity contribution in [1.82, 2.24) is 9.97 Å². The highest BCUT2D eigenvalue weighted by atomic mass is 35.5. The van der Waals surface area contributed by atoms with Crippen molar-refractivity contribution >= 4 is 45.8 Å². The molecule has 38 heavy (non-hydrogen) atoms. The van der Waals surface area contributed by atoms with Gasteiger partial charge in [-0.1, -0.05) is 23.7 Å². The van der Waals surface area contributed by atoms with Crippen LogP contribution >= 0.6 is 11.6 Å². The predicted octanol–water partition coefficient (Wildman–Crippen LogP) is 6.62. The molecule has 0 aliphatic rings. The zero-order valence-corrected chi connectivity index (χ0v) is 20.4. The molecule has 0 aliphatic carbocycles. The maximum Gasteiger partial charge on any atom is 0.323 e. The largest absolute Gasteiger partial charge is 0.457 e. The number of rotatable bonds is 6. The molecule has 188 valence electrons. The standard InChI is InChI=1S/C28H19ClFN5O3/c29-18-4-7-24(21(13-18)16-3-6-23-17(12-16)2-1-10-32-23)34-28(37)35-25-8-5-19(14-22(25)30)38-20-9-11-33-26(15-20)27(31)36/h1-15H,(H2,31,36)(H2,34,35,37). The Kier molecular flexibility index (Phi) is 6.84. The van der Waals surface area contributed by atoms with Crippen LogP contribution in [0.2, 0.25) is 5.02 Å². The molecule has 10 heteroatoms. The highest BCUT2D eigenvalue weighted by Gasteiger charge is 2.13. The van der Waals surface area contributed by atoms with E-state index in [-0.39, 0.29) is 22.9 Å². The maximum absolute atomic E-state index is 14.8. The first-order chi connectivity index (χ1) is 18.4. The summed E-state index contributed by atoms with van der Waals surface area (Å²) in [6, 6.07) is 20.7. The molecule has 4 N–H and O–H groups in total. The average Bonchev–Trinajstić information content (AvgIpc) is 2.91. The summed E-state index contributed by atoms with van der Waals surface area (Å²) in [7, 11) is 0. The van der Waals surface area contributed by atoms with Crippen molar-refractivity contribution in [2.75, 3.05) is 10.6 Å². The van der Waals surface area contributed by atoms with Gasteiger partial charge in [0.15, 0.2) is 0 Å². The van der Waals surface area contributed by atoms with Crippen molar-refractivity contribution in [1.29, 1.82) is 0 Å². The van der Waals surface area contributed by atoms with Crippen molar-refractivity contribution in [3.8, 4) is 22.6 Å². The number of nitrogens with one attached hydrogen (secondary N) is 2. The molecule has 2 heterocycles. The van der Waals surface area contributed by atoms with Crippen LogP contribution in [0, 0.1) is 5.82 Å². The summed E-state index contributed by atoms with van der Waals surface area (Å²) >= 11 is 6.24. The van der Waals surface area contributed by atoms with Crippen molar-refractivity contribution in [2.24, 2.45) is 5.73 Å². The number of hydrogen-bond donors (Lipinski definition) is 3. The Morgan fingerprint density at radius 2 is 1.63 bits per heavy atom. The van der Waals surface area contributed by atoms with Crippen LogP contribution in [0.5, 0.6) is 11.5 Å². The summed E-state index contributed by atoms with van der Waals surface area (Å²) in [6.45, 7) is 0. The smallest absolute Gasteiger partial charge is 0.323 e. The Labute approximate surface area is 221 Å². The second-order valence-corrected chi connectivity index (χ2v) is 8.60. The molecule has 0 aliphatic heterocycles. The predicted molar refractivity (Wildman–Crippen MR) is 144 cm³/mol. The van der Waals surface area contributed by atoms with E-state index in [2.05, 4.69) is 20.6 Å². The number of amides is 3. The van der Waals surface area contributed by atoms with Gasteiger partial charge in [0.25, 0.3) is 5.91 Å². The van der Waals surface area contributed by atoms with E-state index in [4.69, 9.17) is 22.1 Å². The maximum atomic E-state index is 14.8. The van der Waals surface area contributed by atoms with Crippen LogP contribution in [0.4, 0.5) is 20.6 Å². The lowest BCUT2D eigenvalue weighted by atomic mass is 10.0. The number of ether oxygens (including phenoxy) is 1. The molecule has 0 spiro atoms. The number of aromatic nitrogens is 2. The SMILES string of the molecule is NC(=O)c1cc(Oc2ccc(NC(=O)Nc3ccc(Cl)cc3-c3ccc4ncccc4c3)c(F)c2)ccn1. The number of fused-ring (bicyclic) bond motifs is 1. The third kappa shape index (κ3) is 5.53. The number of carbonyl (C=O) groups is 2. The molecule has 5 rings (SSSR count). The quantitative estimate of drug-likeness (QED) is 0.229. The number of pyridine rings is 2. The van der Waals surface area contributed by atoms with Crippen LogP contribution in [-0.2, 0) is 0 Å². The lowest BCUT2D eigenvalue weighted by Gasteiger charge is -2.14. The van der Waals surface area contributed by atoms with Gasteiger partial charge in [0.05, 0.1) is 16.9 Å². The van der Waals surface area contributed by atoms with E-state index < -0.39 is 17.8 Å². The van der Waals surface area contributed by atoms with Gasteiger partial charge in [0.1, 0.15) is 23.0 Å². The minimum atomic E-state index is -0.722. The molecular formula is C28H19ClFN5O3. The number of carbonyl (C=O) groups excluding carboxylic acids is 2. The zero-order valence-electron chi connectivity index (χ0n) is 19.6. The fraction of sp³-hybridized carbons (Fsp3) is 0. The molecule has 0 radical (unpaired) electrons. The lowest BCUT2D eigenvalue weighted by molar-refractivity contribution is 0.0995. The lowest BCUT2D eigenvalue weighted by Crippen LogP contribution is -2.20. The second-order valence-electron chi connectivity index (χ2n) is 8.16. The molecule has 0 saturated heterocycles. The minimum absolute atomic E-state index is 0.0138. The van der Waals surface area contributed by atoms with Crippen LogP contribution in [0.15, 0.2) is 91.3 Å². The van der Waals surface area contributed by atoms with E-state index in [1.807, 2.05) is 30.3 Å². The zero-order chi connectivity index (χ0) is 26.6. The summed E-state index contributed by atoms with van der Waals surface area (Å²) < 4.78 is 20.4. The summed E-state index contributed by atoms with van der Waals surface area (Å²) in [6.07, 6.45) is 3.07. The summed E-state index contributed by atoms with van der Waals surface area (Å²) in [4.78, 5) is 32.2. The van der Waals surface area contributed by atoms with Gasteiger partial charge in [0.2, 0.25) is 0 Å². The van der Waals surface area contributed by atoms with Crippen LogP contribution < -0.4 is 21.1 Å². The van der Waals surface area contributed by atoms with Gasteiger partial charge >= 0.3 is 6.03 Å². The van der Waals surface area contributed by atoms with Crippen molar-refractivity contribution in [2.45, 2.75) is 0 Å². The van der Waals surface area contributed by atoms with Crippen molar-refractivity contribution < 1.29 is 18.7 Å². The summed E-state index contributed by atoms with van der Waals surface area (Å²) in [5.74, 6) is -1.03. The van der Waals surface area contributed by atoms with E-state index in [0.29, 0.717) is 16.3 Å². The number of anilines is 2. The highest BCUT2D eigenvalue weighted by Crippen LogP contribution is 2.33. The fourth-order valence-electron chi connectivity index (χ4n) is 3.79. The van der Waals surface area contributed by atoms with Gasteiger partial charge in [0, 0.05) is 40.5 Å². The molecule has 0 saturated carbocycles. The van der Waals surface area contributed by atoms with Crippen molar-refractivity contribution in [3.05, 3.63) is 108 Å². The summed E-state index contributed by atoms with van der Waals surface area (Å²) in [5, 5.41) is 6.69. The first kappa shape index (κ1) is 24.7. The number of nitrogens with zero attached hydrogens (tertiary/aromatic N) is 2. The Hall–Kier alpha value is -5.02. The molecule has 0 bridgehead atoms. The van der Waals surface area contributed by atoms with Gasteiger partial charge < -0.3 is 21.1 Å². The number of nitrogens with two attached hydrogens (primary N) is 1. The Morgan fingerprint density at radius 1 is 0.842 bits per heavy atom. The molecule has 3 amide bonds. The van der Waals surface area contributed by atoms with Crippen LogP contribution in [0.25, 0.3) is 22.0 Å². The Morgan fingerprint density at radius 3 is 2.45 bits per heavy atom. The molecular weight excluding hydrogens is 509 g/mol. The second kappa shape index (κ2) is 10.5. The van der Waals surface area contributed by atoms with Gasteiger partial charge in [-0.3, -0.25) is 14.8 Å². The van der Waals surface area contributed by atoms with E-state index in [1.54, 1.807) is 24.4 Å². The number of benzene rings is 3. The van der Waals surface area contributed by atoms with Gasteiger partial charge in [-0.25, -0.2) is 9.18 Å². The van der Waals surface area contributed by atoms with E-state index in [0.717, 1.165) is 22.5 Å². The first-order valence-corrected chi connectivity index (χ1v) is 11.7. The first-order valence-electron chi connectivity index (χ1n) is 11.3. The van der Waals surface area contributed by atoms with Crippen LogP contribution in [-0.4, -0.2) is 21.9 Å². The van der Waals surface area contributed by atoms with E-state index in [9.17, 15) is 14.0 Å². The van der Waals surface area contributed by atoms with Crippen LogP contribution in [0.3, 0.4) is 0 Å². The molecule has 0 fully saturated rings. The third-order valence-electron chi connectivity index (χ3n) is 5.55. The molecule has 0 atom stereocenters. The average molecular weight is 528 g/mol. The number of primary amides is 1. The normalized spacial score (nSPS) is 10.7. The molecule has 8 nitrogen and oxygen atoms in total. The molecule has 2 aromatic heterocycles. The number of hydrogen-bond acceptors (Lipinski definition) is 5. The van der Waals surface area contributed by atoms with Gasteiger partial charge in [-0.15, -0.1) is 0 Å². The monoisotopic (exact) mass is 527 g/mol. The Bertz CT molecular complexity index is 1700. The van der Waals surface area contributed by atoms with Crippen LogP contribution in [0.1, 0.15) is 10.5 Å². The van der Waals surface area contributed by atoms with E-state index >= 15 is 0 Å². The Balaban J connectivity index is 1.32. The number of urea groups is 1. The fourth-order valence-corrected chi connectivity index (χ4v) is 3.96. The minimum Gasteiger partial charge on any atom is -0.457 e. The molecule has 3 aromatic carbocycles. The third-order valence-corrected chi connectivity index (χ3v) is 5.79. The van der Waals surface area contributed by atoms with E-state index in [1.165, 1.54) is 30.5 Å². The van der Waals surface area contributed by atoms with Gasteiger partial charge in [-0.2, -0.15) is 0 Å². The van der Waals surface area contributed by atoms with Crippen molar-refractivity contribution in [3.63, 3.8) is 0 Å². The topological polar surface area (TPSA) is 119 Å². The molecule has 0 unspecified atom stereocenters. The molecule has 5 aromatic rings. The summed E-state index contributed by atoms with van der Waals surface area (Å²) in [5.41, 5.74) is 8.01. The highest BCUT2D eigenvalue weighted by molar-refractivity contribution is 6.31. The number of halogens is 2.